The van der Waals surface area contributed by atoms with Crippen LogP contribution >= 0.6 is 0 Å². The van der Waals surface area contributed by atoms with Gasteiger partial charge in [0.15, 0.2) is 5.84 Å². The third-order valence-electron chi connectivity index (χ3n) is 2.76. The molecule has 0 fully saturated rings. The van der Waals surface area contributed by atoms with Crippen LogP contribution in [0.4, 0.5) is 18.9 Å². The molecule has 21 heavy (non-hydrogen) atoms. The molecule has 118 valence electrons. The van der Waals surface area contributed by atoms with Crippen molar-refractivity contribution >= 4 is 11.5 Å². The van der Waals surface area contributed by atoms with Crippen LogP contribution < -0.4 is 10.6 Å². The van der Waals surface area contributed by atoms with Crippen LogP contribution in [0.3, 0.4) is 0 Å². The third kappa shape index (κ3) is 4.52. The molecule has 0 unspecified atom stereocenters. The number of nitrogens with two attached hydrogens (primary N) is 1. The number of benzene rings is 1. The number of hydrogen-bond acceptors (Lipinski definition) is 4. The van der Waals surface area contributed by atoms with Crippen LogP contribution in [0, 0.1) is 0 Å². The number of alkyl halides is 3. The molecule has 0 heterocycles. The van der Waals surface area contributed by atoms with Crippen molar-refractivity contribution in [1.82, 2.24) is 0 Å². The number of halogens is 3. The molecule has 0 aliphatic rings. The summed E-state index contributed by atoms with van der Waals surface area (Å²) in [6, 6.07) is 3.45. The summed E-state index contributed by atoms with van der Waals surface area (Å²) >= 11 is 0. The van der Waals surface area contributed by atoms with E-state index in [1.54, 1.807) is 20.9 Å². The van der Waals surface area contributed by atoms with Crippen LogP contribution in [0.25, 0.3) is 0 Å². The molecular formula is C13H18F3N3O2. The van der Waals surface area contributed by atoms with Crippen molar-refractivity contribution in [3.8, 4) is 0 Å². The molecule has 4 N–H and O–H groups in total. The fourth-order valence-electron chi connectivity index (χ4n) is 1.95. The quantitative estimate of drug-likeness (QED) is 0.344. The van der Waals surface area contributed by atoms with E-state index in [2.05, 4.69) is 5.16 Å². The zero-order valence-electron chi connectivity index (χ0n) is 11.9. The van der Waals surface area contributed by atoms with Crippen molar-refractivity contribution in [2.45, 2.75) is 25.6 Å². The van der Waals surface area contributed by atoms with Crippen LogP contribution in [0.2, 0.25) is 0 Å². The third-order valence-corrected chi connectivity index (χ3v) is 2.76. The highest BCUT2D eigenvalue weighted by molar-refractivity contribution is 5.99. The second-order valence-corrected chi connectivity index (χ2v) is 5.38. The van der Waals surface area contributed by atoms with Crippen molar-refractivity contribution in [1.29, 1.82) is 0 Å². The molecule has 5 nitrogen and oxygen atoms in total. The van der Waals surface area contributed by atoms with E-state index < -0.39 is 28.7 Å². The maximum absolute atomic E-state index is 13.1. The van der Waals surface area contributed by atoms with E-state index in [4.69, 9.17) is 10.9 Å². The summed E-state index contributed by atoms with van der Waals surface area (Å²) in [7, 11) is 1.57. The lowest BCUT2D eigenvalue weighted by Gasteiger charge is -2.28. The van der Waals surface area contributed by atoms with Crippen LogP contribution in [0.5, 0.6) is 0 Å². The molecule has 0 radical (unpaired) electrons. The van der Waals surface area contributed by atoms with E-state index in [1.807, 2.05) is 0 Å². The first-order valence-corrected chi connectivity index (χ1v) is 6.08. The summed E-state index contributed by atoms with van der Waals surface area (Å²) < 4.78 is 39.2. The monoisotopic (exact) mass is 305 g/mol. The molecular weight excluding hydrogens is 287 g/mol. The molecule has 0 aliphatic heterocycles. The number of anilines is 1. The van der Waals surface area contributed by atoms with Gasteiger partial charge in [0, 0.05) is 24.8 Å². The van der Waals surface area contributed by atoms with Gasteiger partial charge in [-0.25, -0.2) is 0 Å². The summed E-state index contributed by atoms with van der Waals surface area (Å²) in [5, 5.41) is 20.9. The Kier molecular flexibility index (Phi) is 4.72. The predicted molar refractivity (Wildman–Crippen MR) is 73.5 cm³/mol. The maximum atomic E-state index is 13.1. The zero-order chi connectivity index (χ0) is 16.4. The highest BCUT2D eigenvalue weighted by atomic mass is 19.4. The molecule has 0 saturated heterocycles. The van der Waals surface area contributed by atoms with Gasteiger partial charge in [-0.1, -0.05) is 5.16 Å². The lowest BCUT2D eigenvalue weighted by Crippen LogP contribution is -2.36. The van der Waals surface area contributed by atoms with Gasteiger partial charge in [-0.05, 0) is 32.0 Å². The topological polar surface area (TPSA) is 82.1 Å². The molecule has 1 aromatic rings. The Balaban J connectivity index is 3.29. The van der Waals surface area contributed by atoms with Crippen LogP contribution in [-0.4, -0.2) is 35.3 Å². The number of amidine groups is 1. The van der Waals surface area contributed by atoms with Crippen molar-refractivity contribution < 1.29 is 23.5 Å². The summed E-state index contributed by atoms with van der Waals surface area (Å²) in [6.07, 6.45) is -4.64. The summed E-state index contributed by atoms with van der Waals surface area (Å²) in [5.74, 6) is -0.612. The number of aliphatic hydroxyl groups is 1. The van der Waals surface area contributed by atoms with E-state index in [-0.39, 0.29) is 12.2 Å². The van der Waals surface area contributed by atoms with E-state index in [0.717, 1.165) is 12.1 Å². The number of oxime groups is 1. The summed E-state index contributed by atoms with van der Waals surface area (Å²) in [6.45, 7) is 3.26. The number of nitrogens with zero attached hydrogens (tertiary/aromatic N) is 2. The average molecular weight is 305 g/mol. The minimum atomic E-state index is -4.64. The summed E-state index contributed by atoms with van der Waals surface area (Å²) in [4.78, 5) is 1.49. The van der Waals surface area contributed by atoms with E-state index in [0.29, 0.717) is 0 Å². The van der Waals surface area contributed by atoms with Crippen molar-refractivity contribution in [2.24, 2.45) is 10.9 Å². The van der Waals surface area contributed by atoms with E-state index >= 15 is 0 Å². The van der Waals surface area contributed by atoms with Gasteiger partial charge >= 0.3 is 6.18 Å². The van der Waals surface area contributed by atoms with E-state index in [9.17, 15) is 18.3 Å². The zero-order valence-corrected chi connectivity index (χ0v) is 11.9. The van der Waals surface area contributed by atoms with Crippen molar-refractivity contribution in [3.05, 3.63) is 29.3 Å². The Labute approximate surface area is 120 Å². The molecule has 1 rings (SSSR count). The lowest BCUT2D eigenvalue weighted by molar-refractivity contribution is -0.137. The molecule has 0 spiro atoms. The first kappa shape index (κ1) is 17.1. The largest absolute Gasteiger partial charge is 0.417 e. The molecule has 0 atom stereocenters. The highest BCUT2D eigenvalue weighted by Crippen LogP contribution is 2.34. The Morgan fingerprint density at radius 1 is 1.33 bits per heavy atom. The SMILES string of the molecule is CN(CC(C)(C)O)c1ccc(C(N)=NO)c(C(F)(F)F)c1. The lowest BCUT2D eigenvalue weighted by atomic mass is 10.0. The fourth-order valence-corrected chi connectivity index (χ4v) is 1.95. The van der Waals surface area contributed by atoms with Gasteiger partial charge in [0.05, 0.1) is 11.2 Å². The van der Waals surface area contributed by atoms with Gasteiger partial charge in [-0.3, -0.25) is 0 Å². The predicted octanol–water partition coefficient (Wildman–Crippen LogP) is 2.01. The van der Waals surface area contributed by atoms with E-state index in [1.165, 1.54) is 11.0 Å². The number of hydrogen-bond donors (Lipinski definition) is 3. The molecule has 0 bridgehead atoms. The maximum Gasteiger partial charge on any atom is 0.417 e. The van der Waals surface area contributed by atoms with Gasteiger partial charge in [-0.2, -0.15) is 13.2 Å². The van der Waals surface area contributed by atoms with Gasteiger partial charge in [-0.15, -0.1) is 0 Å². The van der Waals surface area contributed by atoms with Crippen molar-refractivity contribution in [2.75, 3.05) is 18.5 Å². The number of likely N-dealkylation sites (N-methyl/N-ethyl adjacent to an activating group) is 1. The summed E-state index contributed by atoms with van der Waals surface area (Å²) in [5.41, 5.74) is 3.07. The standard InChI is InChI=1S/C13H18F3N3O2/c1-12(2,20)7-19(3)8-4-5-9(11(17)18-21)10(6-8)13(14,15)16/h4-6,20-21H,7H2,1-3H3,(H2,17,18). The molecule has 8 heteroatoms. The second kappa shape index (κ2) is 5.80. The normalized spacial score (nSPS) is 13.4. The second-order valence-electron chi connectivity index (χ2n) is 5.38. The van der Waals surface area contributed by atoms with Gasteiger partial charge in [0.25, 0.3) is 0 Å². The van der Waals surface area contributed by atoms with Crippen LogP contribution in [-0.2, 0) is 6.18 Å². The Hall–Kier alpha value is -1.96. The molecule has 0 saturated carbocycles. The Morgan fingerprint density at radius 2 is 1.90 bits per heavy atom. The molecule has 0 amide bonds. The first-order chi connectivity index (χ1) is 9.45. The Morgan fingerprint density at radius 3 is 2.33 bits per heavy atom. The van der Waals surface area contributed by atoms with Gasteiger partial charge < -0.3 is 20.9 Å². The molecule has 1 aromatic carbocycles. The van der Waals surface area contributed by atoms with Crippen LogP contribution in [0.1, 0.15) is 25.0 Å². The number of rotatable bonds is 4. The highest BCUT2D eigenvalue weighted by Gasteiger charge is 2.35. The van der Waals surface area contributed by atoms with Crippen LogP contribution in [0.15, 0.2) is 23.4 Å². The van der Waals surface area contributed by atoms with Gasteiger partial charge in [0.1, 0.15) is 0 Å². The minimum Gasteiger partial charge on any atom is -0.409 e. The molecule has 0 aromatic heterocycles. The Bertz CT molecular complexity index is 536. The van der Waals surface area contributed by atoms with Gasteiger partial charge in [0.2, 0.25) is 0 Å². The first-order valence-electron chi connectivity index (χ1n) is 6.08. The average Bonchev–Trinajstić information content (AvgIpc) is 2.34. The smallest absolute Gasteiger partial charge is 0.409 e. The van der Waals surface area contributed by atoms with Crippen molar-refractivity contribution in [3.63, 3.8) is 0 Å². The fraction of sp³-hybridized carbons (Fsp3) is 0.462. The minimum absolute atomic E-state index is 0.146. The molecule has 0 aliphatic carbocycles.